The van der Waals surface area contributed by atoms with Gasteiger partial charge >= 0.3 is 0 Å². The average Bonchev–Trinajstić information content (AvgIpc) is 2.81. The highest BCUT2D eigenvalue weighted by Crippen LogP contribution is 2.16. The molecule has 1 N–H and O–H groups in total. The lowest BCUT2D eigenvalue weighted by molar-refractivity contribution is -0.123. The lowest BCUT2D eigenvalue weighted by Crippen LogP contribution is -2.31. The van der Waals surface area contributed by atoms with E-state index < -0.39 is 0 Å². The Balaban J connectivity index is 1.57. The van der Waals surface area contributed by atoms with Crippen molar-refractivity contribution in [1.29, 1.82) is 0 Å². The monoisotopic (exact) mass is 269 g/mol. The molecule has 0 aromatic carbocycles. The largest absolute Gasteiger partial charge is 0.472 e. The molecule has 0 saturated carbocycles. The smallest absolute Gasteiger partial charge is 0.278 e. The summed E-state index contributed by atoms with van der Waals surface area (Å²) in [4.78, 5) is 11.7. The second-order valence-corrected chi connectivity index (χ2v) is 4.64. The van der Waals surface area contributed by atoms with Crippen molar-refractivity contribution in [3.63, 3.8) is 0 Å². The summed E-state index contributed by atoms with van der Waals surface area (Å²) in [5, 5.41) is 10.00. The summed E-state index contributed by atoms with van der Waals surface area (Å²) in [6, 6.07) is 0. The van der Waals surface area contributed by atoms with Crippen molar-refractivity contribution in [1.82, 2.24) is 15.6 Å². The van der Waals surface area contributed by atoms with E-state index in [0.29, 0.717) is 43.7 Å². The number of aromatic nitrogens is 2. The lowest BCUT2D eigenvalue weighted by Gasteiger charge is -2.21. The van der Waals surface area contributed by atoms with Gasteiger partial charge in [-0.15, -0.1) is 0 Å². The van der Waals surface area contributed by atoms with Gasteiger partial charge in [-0.05, 0) is 30.8 Å². The number of rotatable bonds is 6. The molecule has 0 radical (unpaired) electrons. The van der Waals surface area contributed by atoms with Crippen molar-refractivity contribution < 1.29 is 18.9 Å². The van der Waals surface area contributed by atoms with E-state index in [9.17, 15) is 4.79 Å². The Morgan fingerprint density at radius 1 is 1.53 bits per heavy atom. The average molecular weight is 269 g/mol. The first-order valence-electron chi connectivity index (χ1n) is 6.52. The van der Waals surface area contributed by atoms with E-state index in [0.717, 1.165) is 19.4 Å². The van der Waals surface area contributed by atoms with Gasteiger partial charge in [0.2, 0.25) is 5.91 Å². The predicted molar refractivity (Wildman–Crippen MR) is 65.7 cm³/mol. The molecule has 1 aliphatic heterocycles. The van der Waals surface area contributed by atoms with E-state index in [2.05, 4.69) is 20.3 Å². The minimum absolute atomic E-state index is 0.0362. The molecule has 2 heterocycles. The standard InChI is InChI=1S/C12H19N3O4/c1-9-12(15-19-14-9)18-6-4-13-11(16)7-10-3-2-5-17-8-10/h10H,2-8H2,1H3,(H,13,16)/t10-/m0/s1. The Bertz CT molecular complexity index is 401. The van der Waals surface area contributed by atoms with Gasteiger partial charge in [-0.25, -0.2) is 4.63 Å². The van der Waals surface area contributed by atoms with Crippen molar-refractivity contribution in [2.24, 2.45) is 5.92 Å². The number of carbonyl (C=O) groups is 1. The maximum Gasteiger partial charge on any atom is 0.278 e. The van der Waals surface area contributed by atoms with Crippen molar-refractivity contribution in [3.8, 4) is 5.88 Å². The van der Waals surface area contributed by atoms with Crippen LogP contribution in [-0.4, -0.2) is 42.6 Å². The first-order chi connectivity index (χ1) is 9.25. The molecule has 1 saturated heterocycles. The molecule has 106 valence electrons. The van der Waals surface area contributed by atoms with E-state index >= 15 is 0 Å². The van der Waals surface area contributed by atoms with Gasteiger partial charge in [0, 0.05) is 19.6 Å². The fourth-order valence-electron chi connectivity index (χ4n) is 2.00. The van der Waals surface area contributed by atoms with Crippen LogP contribution in [0, 0.1) is 12.8 Å². The van der Waals surface area contributed by atoms with Crippen LogP contribution in [0.2, 0.25) is 0 Å². The van der Waals surface area contributed by atoms with Crippen molar-refractivity contribution in [3.05, 3.63) is 5.69 Å². The van der Waals surface area contributed by atoms with Crippen LogP contribution in [0.25, 0.3) is 0 Å². The number of nitrogens with one attached hydrogen (secondary N) is 1. The molecule has 1 fully saturated rings. The van der Waals surface area contributed by atoms with Crippen LogP contribution in [-0.2, 0) is 9.53 Å². The van der Waals surface area contributed by atoms with Crippen LogP contribution in [0.4, 0.5) is 0 Å². The Kier molecular flexibility index (Phi) is 5.14. The van der Waals surface area contributed by atoms with Crippen LogP contribution < -0.4 is 10.1 Å². The first kappa shape index (κ1) is 13.8. The Labute approximate surface area is 111 Å². The number of hydrogen-bond donors (Lipinski definition) is 1. The zero-order valence-corrected chi connectivity index (χ0v) is 11.1. The van der Waals surface area contributed by atoms with Crippen LogP contribution in [0.3, 0.4) is 0 Å². The Morgan fingerprint density at radius 3 is 3.11 bits per heavy atom. The summed E-state index contributed by atoms with van der Waals surface area (Å²) >= 11 is 0. The number of hydrogen-bond acceptors (Lipinski definition) is 6. The van der Waals surface area contributed by atoms with Crippen LogP contribution in [0.15, 0.2) is 4.63 Å². The summed E-state index contributed by atoms with van der Waals surface area (Å²) in [6.07, 6.45) is 2.62. The molecule has 7 nitrogen and oxygen atoms in total. The molecule has 0 bridgehead atoms. The molecule has 0 spiro atoms. The Morgan fingerprint density at radius 2 is 2.42 bits per heavy atom. The zero-order valence-electron chi connectivity index (χ0n) is 11.1. The number of carbonyl (C=O) groups excluding carboxylic acids is 1. The maximum atomic E-state index is 11.7. The molecule has 0 unspecified atom stereocenters. The third-order valence-electron chi connectivity index (χ3n) is 3.00. The fourth-order valence-corrected chi connectivity index (χ4v) is 2.00. The lowest BCUT2D eigenvalue weighted by atomic mass is 9.98. The number of nitrogens with zero attached hydrogens (tertiary/aromatic N) is 2. The van der Waals surface area contributed by atoms with Gasteiger partial charge in [0.15, 0.2) is 0 Å². The number of ether oxygens (including phenoxy) is 2. The van der Waals surface area contributed by atoms with Crippen molar-refractivity contribution in [2.45, 2.75) is 26.2 Å². The molecule has 1 atom stereocenters. The summed E-state index contributed by atoms with van der Waals surface area (Å²) in [5.41, 5.74) is 0.602. The Hall–Kier alpha value is -1.63. The molecule has 19 heavy (non-hydrogen) atoms. The fraction of sp³-hybridized carbons (Fsp3) is 0.750. The molecule has 1 amide bonds. The van der Waals surface area contributed by atoms with Gasteiger partial charge in [-0.3, -0.25) is 4.79 Å². The van der Waals surface area contributed by atoms with Gasteiger partial charge in [-0.2, -0.15) is 0 Å². The van der Waals surface area contributed by atoms with Gasteiger partial charge in [0.05, 0.1) is 6.54 Å². The normalized spacial score (nSPS) is 19.1. The maximum absolute atomic E-state index is 11.7. The predicted octanol–water partition coefficient (Wildman–Crippen LogP) is 0.690. The number of amides is 1. The third kappa shape index (κ3) is 4.51. The van der Waals surface area contributed by atoms with Gasteiger partial charge in [0.1, 0.15) is 12.3 Å². The second kappa shape index (κ2) is 7.08. The summed E-state index contributed by atoms with van der Waals surface area (Å²) in [6.45, 7) is 4.04. The summed E-state index contributed by atoms with van der Waals surface area (Å²) < 4.78 is 15.1. The van der Waals surface area contributed by atoms with Crippen LogP contribution in [0.1, 0.15) is 25.0 Å². The highest BCUT2D eigenvalue weighted by molar-refractivity contribution is 5.76. The number of aryl methyl sites for hydroxylation is 1. The zero-order chi connectivity index (χ0) is 13.5. The van der Waals surface area contributed by atoms with Crippen LogP contribution >= 0.6 is 0 Å². The topological polar surface area (TPSA) is 86.5 Å². The van der Waals surface area contributed by atoms with E-state index in [1.54, 1.807) is 6.92 Å². The minimum Gasteiger partial charge on any atom is -0.472 e. The van der Waals surface area contributed by atoms with E-state index in [-0.39, 0.29) is 5.91 Å². The van der Waals surface area contributed by atoms with E-state index in [1.807, 2.05) is 0 Å². The van der Waals surface area contributed by atoms with E-state index in [1.165, 1.54) is 0 Å². The second-order valence-electron chi connectivity index (χ2n) is 4.64. The highest BCUT2D eigenvalue weighted by atomic mass is 16.6. The molecular formula is C12H19N3O4. The van der Waals surface area contributed by atoms with Crippen molar-refractivity contribution in [2.75, 3.05) is 26.4 Å². The molecule has 0 aliphatic carbocycles. The first-order valence-corrected chi connectivity index (χ1v) is 6.52. The molecule has 1 aromatic rings. The van der Waals surface area contributed by atoms with Crippen LogP contribution in [0.5, 0.6) is 5.88 Å². The van der Waals surface area contributed by atoms with Gasteiger partial charge in [-0.1, -0.05) is 5.16 Å². The van der Waals surface area contributed by atoms with Crippen molar-refractivity contribution >= 4 is 5.91 Å². The molecule has 7 heteroatoms. The molecule has 1 aromatic heterocycles. The molecule has 2 rings (SSSR count). The van der Waals surface area contributed by atoms with Gasteiger partial charge < -0.3 is 14.8 Å². The SMILES string of the molecule is Cc1nonc1OCCNC(=O)C[C@@H]1CCCOC1. The third-order valence-corrected chi connectivity index (χ3v) is 3.00. The van der Waals surface area contributed by atoms with Gasteiger partial charge in [0.25, 0.3) is 5.88 Å². The summed E-state index contributed by atoms with van der Waals surface area (Å²) in [7, 11) is 0. The molecular weight excluding hydrogens is 250 g/mol. The highest BCUT2D eigenvalue weighted by Gasteiger charge is 2.17. The summed E-state index contributed by atoms with van der Waals surface area (Å²) in [5.74, 6) is 0.751. The quantitative estimate of drug-likeness (QED) is 0.765. The van der Waals surface area contributed by atoms with E-state index in [4.69, 9.17) is 9.47 Å². The minimum atomic E-state index is 0.0362. The molecule has 1 aliphatic rings.